The van der Waals surface area contributed by atoms with E-state index in [1.54, 1.807) is 4.90 Å². The molecule has 8 nitrogen and oxygen atoms in total. The number of carbonyl (C=O) groups excluding carboxylic acids is 2. The molecule has 2 aromatic carbocycles. The van der Waals surface area contributed by atoms with Crippen LogP contribution in [0.25, 0.3) is 33.5 Å². The molecule has 0 radical (unpaired) electrons. The van der Waals surface area contributed by atoms with E-state index >= 15 is 0 Å². The highest BCUT2D eigenvalue weighted by Crippen LogP contribution is 2.31. The normalized spacial score (nSPS) is 16.3. The van der Waals surface area contributed by atoms with Gasteiger partial charge in [0.15, 0.2) is 5.82 Å². The molecular weight excluding hydrogens is 502 g/mol. The first kappa shape index (κ1) is 26.1. The summed E-state index contributed by atoms with van der Waals surface area (Å²) in [6.07, 6.45) is 1.17. The third-order valence-corrected chi connectivity index (χ3v) is 7.20. The van der Waals surface area contributed by atoms with Gasteiger partial charge in [-0.2, -0.15) is 0 Å². The summed E-state index contributed by atoms with van der Waals surface area (Å²) in [4.78, 5) is 32.4. The van der Waals surface area contributed by atoms with Crippen molar-refractivity contribution in [2.45, 2.75) is 58.7 Å². The molecule has 38 heavy (non-hydrogen) atoms. The molecule has 1 saturated heterocycles. The summed E-state index contributed by atoms with van der Waals surface area (Å²) in [6.45, 7) is 9.50. The Morgan fingerprint density at radius 1 is 1.13 bits per heavy atom. The van der Waals surface area contributed by atoms with E-state index in [1.807, 2.05) is 64.2 Å². The van der Waals surface area contributed by atoms with Crippen molar-refractivity contribution in [1.29, 1.82) is 0 Å². The number of hydrogen-bond donors (Lipinski definition) is 1. The van der Waals surface area contributed by atoms with Crippen LogP contribution in [0.3, 0.4) is 0 Å². The molecule has 2 aromatic heterocycles. The van der Waals surface area contributed by atoms with E-state index in [4.69, 9.17) is 21.3 Å². The molecule has 1 aliphatic rings. The number of hydrogen-bond acceptors (Lipinski definition) is 4. The molecule has 3 heterocycles. The largest absolute Gasteiger partial charge is 0.444 e. The second-order valence-corrected chi connectivity index (χ2v) is 11.3. The van der Waals surface area contributed by atoms with Crippen molar-refractivity contribution in [2.75, 3.05) is 13.1 Å². The summed E-state index contributed by atoms with van der Waals surface area (Å²) in [5, 5.41) is 4.68. The zero-order chi connectivity index (χ0) is 27.2. The first-order valence-electron chi connectivity index (χ1n) is 13.1. The Bertz CT molecular complexity index is 1530. The number of nitrogens with zero attached hydrogens (tertiary/aromatic N) is 4. The van der Waals surface area contributed by atoms with Gasteiger partial charge >= 0.3 is 6.09 Å². The van der Waals surface area contributed by atoms with Crippen LogP contribution < -0.4 is 5.32 Å². The standard InChI is InChI=1S/C29H34ClN5O3/c1-6-35-23-12-10-20(30)14-19(23)16-25(35)26-32-22-15-18(9-11-24(22)33(26)5)27(36)34-13-7-8-21(17-34)31-28(37)38-29(2,3)4/h9-12,14-16,21H,6-8,13,17H2,1-5H3,(H,31,37)/t21-/m1/s1. The Morgan fingerprint density at radius 3 is 2.63 bits per heavy atom. The molecule has 1 atom stereocenters. The lowest BCUT2D eigenvalue weighted by Gasteiger charge is -2.33. The van der Waals surface area contributed by atoms with Crippen LogP contribution >= 0.6 is 11.6 Å². The molecule has 0 aliphatic carbocycles. The van der Waals surface area contributed by atoms with Crippen molar-refractivity contribution in [3.05, 3.63) is 53.1 Å². The smallest absolute Gasteiger partial charge is 0.407 e. The molecule has 1 fully saturated rings. The van der Waals surface area contributed by atoms with Crippen molar-refractivity contribution in [2.24, 2.45) is 7.05 Å². The molecule has 200 valence electrons. The predicted octanol–water partition coefficient (Wildman–Crippen LogP) is 6.00. The van der Waals surface area contributed by atoms with Crippen molar-refractivity contribution in [3.8, 4) is 11.5 Å². The number of likely N-dealkylation sites (tertiary alicyclic amines) is 1. The zero-order valence-electron chi connectivity index (χ0n) is 22.5. The molecule has 9 heteroatoms. The van der Waals surface area contributed by atoms with Crippen LogP contribution in [-0.2, 0) is 18.3 Å². The minimum absolute atomic E-state index is 0.0629. The maximum absolute atomic E-state index is 13.4. The number of piperidine rings is 1. The van der Waals surface area contributed by atoms with E-state index in [0.717, 1.165) is 52.8 Å². The highest BCUT2D eigenvalue weighted by atomic mass is 35.5. The molecule has 1 aliphatic heterocycles. The van der Waals surface area contributed by atoms with Crippen LogP contribution in [0.15, 0.2) is 42.5 Å². The van der Waals surface area contributed by atoms with E-state index in [2.05, 4.69) is 27.4 Å². The summed E-state index contributed by atoms with van der Waals surface area (Å²) in [5.41, 5.74) is 3.84. The van der Waals surface area contributed by atoms with Gasteiger partial charge in [-0.1, -0.05) is 11.6 Å². The Morgan fingerprint density at radius 2 is 1.89 bits per heavy atom. The monoisotopic (exact) mass is 535 g/mol. The number of aryl methyl sites for hydroxylation is 2. The summed E-state index contributed by atoms with van der Waals surface area (Å²) in [5.74, 6) is 0.769. The van der Waals surface area contributed by atoms with Crippen LogP contribution in [0.4, 0.5) is 4.79 Å². The fourth-order valence-electron chi connectivity index (χ4n) is 5.27. The maximum Gasteiger partial charge on any atom is 0.407 e. The number of aromatic nitrogens is 3. The number of alkyl carbamates (subject to hydrolysis) is 1. The van der Waals surface area contributed by atoms with Gasteiger partial charge in [0, 0.05) is 54.2 Å². The molecule has 0 spiro atoms. The number of fused-ring (bicyclic) bond motifs is 2. The number of ether oxygens (including phenoxy) is 1. The Hall–Kier alpha value is -3.52. The Labute approximate surface area is 227 Å². The van der Waals surface area contributed by atoms with Gasteiger partial charge in [0.05, 0.1) is 16.7 Å². The summed E-state index contributed by atoms with van der Waals surface area (Å²) < 4.78 is 9.68. The fraction of sp³-hybridized carbons (Fsp3) is 0.414. The predicted molar refractivity (Wildman–Crippen MR) is 151 cm³/mol. The molecule has 2 amide bonds. The number of nitrogens with one attached hydrogen (secondary N) is 1. The van der Waals surface area contributed by atoms with E-state index in [1.165, 1.54) is 0 Å². The molecular formula is C29H34ClN5O3. The number of imidazole rings is 1. The summed E-state index contributed by atoms with van der Waals surface area (Å²) in [7, 11) is 1.99. The first-order valence-corrected chi connectivity index (χ1v) is 13.5. The maximum atomic E-state index is 13.4. The Balaban J connectivity index is 1.40. The van der Waals surface area contributed by atoms with Crippen LogP contribution in [0.5, 0.6) is 0 Å². The molecule has 1 N–H and O–H groups in total. The van der Waals surface area contributed by atoms with Crippen molar-refractivity contribution >= 4 is 45.5 Å². The topological polar surface area (TPSA) is 81.4 Å². The van der Waals surface area contributed by atoms with Gasteiger partial charge in [0.1, 0.15) is 5.60 Å². The Kier molecular flexibility index (Phi) is 6.86. The third kappa shape index (κ3) is 5.10. The summed E-state index contributed by atoms with van der Waals surface area (Å²) >= 11 is 6.24. The van der Waals surface area contributed by atoms with E-state index in [9.17, 15) is 9.59 Å². The second-order valence-electron chi connectivity index (χ2n) is 10.9. The van der Waals surface area contributed by atoms with Gasteiger partial charge in [0.2, 0.25) is 0 Å². The summed E-state index contributed by atoms with van der Waals surface area (Å²) in [6, 6.07) is 13.6. The lowest BCUT2D eigenvalue weighted by molar-refractivity contribution is 0.0452. The van der Waals surface area contributed by atoms with Crippen LogP contribution in [0.1, 0.15) is 50.9 Å². The van der Waals surface area contributed by atoms with Crippen LogP contribution in [-0.4, -0.2) is 55.8 Å². The van der Waals surface area contributed by atoms with Crippen LogP contribution in [0, 0.1) is 0 Å². The molecule has 4 aromatic rings. The van der Waals surface area contributed by atoms with Crippen molar-refractivity contribution in [1.82, 2.24) is 24.3 Å². The average molecular weight is 536 g/mol. The quantitative estimate of drug-likeness (QED) is 0.347. The van der Waals surface area contributed by atoms with Gasteiger partial charge in [0.25, 0.3) is 5.91 Å². The lowest BCUT2D eigenvalue weighted by atomic mass is 10.0. The van der Waals surface area contributed by atoms with Gasteiger partial charge in [-0.05, 0) is 83.0 Å². The highest BCUT2D eigenvalue weighted by molar-refractivity contribution is 6.31. The number of benzene rings is 2. The van der Waals surface area contributed by atoms with Gasteiger partial charge in [-0.3, -0.25) is 4.79 Å². The van der Waals surface area contributed by atoms with Crippen LogP contribution in [0.2, 0.25) is 5.02 Å². The number of amides is 2. The van der Waals surface area contributed by atoms with Gasteiger partial charge in [-0.25, -0.2) is 9.78 Å². The van der Waals surface area contributed by atoms with Gasteiger partial charge < -0.3 is 24.1 Å². The zero-order valence-corrected chi connectivity index (χ0v) is 23.3. The number of halogens is 1. The van der Waals surface area contributed by atoms with E-state index in [0.29, 0.717) is 23.7 Å². The minimum atomic E-state index is -0.566. The van der Waals surface area contributed by atoms with Crippen molar-refractivity contribution < 1.29 is 14.3 Å². The highest BCUT2D eigenvalue weighted by Gasteiger charge is 2.28. The van der Waals surface area contributed by atoms with E-state index in [-0.39, 0.29) is 11.9 Å². The molecule has 0 bridgehead atoms. The molecule has 5 rings (SSSR count). The van der Waals surface area contributed by atoms with Gasteiger partial charge in [-0.15, -0.1) is 0 Å². The third-order valence-electron chi connectivity index (χ3n) is 6.97. The lowest BCUT2D eigenvalue weighted by Crippen LogP contribution is -2.50. The first-order chi connectivity index (χ1) is 18.0. The molecule has 0 saturated carbocycles. The number of carbonyl (C=O) groups is 2. The molecule has 0 unspecified atom stereocenters. The van der Waals surface area contributed by atoms with E-state index < -0.39 is 11.7 Å². The SMILES string of the molecule is CCn1c(-c2nc3cc(C(=O)N4CCC[C@@H](NC(=O)OC(C)(C)C)C4)ccc3n2C)cc2cc(Cl)ccc21. The average Bonchev–Trinajstić information content (AvgIpc) is 3.38. The minimum Gasteiger partial charge on any atom is -0.444 e. The second kappa shape index (κ2) is 9.98. The van der Waals surface area contributed by atoms with Crippen molar-refractivity contribution in [3.63, 3.8) is 0 Å². The fourth-order valence-corrected chi connectivity index (χ4v) is 5.45. The number of rotatable bonds is 4.